The molecule has 0 heterocycles. The van der Waals surface area contributed by atoms with Crippen LogP contribution in [0.15, 0.2) is 53.4 Å². The van der Waals surface area contributed by atoms with E-state index in [0.29, 0.717) is 11.3 Å². The van der Waals surface area contributed by atoms with Crippen LogP contribution < -0.4 is 14.9 Å². The standard InChI is InChI=1S/C18H21N3O3S/c1-21(2)16-10-8-14(9-11-16)19-18(22)13-4-3-5-17(12-13)25(23,24)20-15-6-7-15/h3-5,8-12,15,20H,6-7H2,1-2H3,(H,19,22). The van der Waals surface area contributed by atoms with Crippen molar-refractivity contribution in [3.05, 3.63) is 54.1 Å². The molecule has 0 bridgehead atoms. The normalized spacial score (nSPS) is 14.2. The van der Waals surface area contributed by atoms with Gasteiger partial charge in [0.2, 0.25) is 10.0 Å². The third kappa shape index (κ3) is 4.37. The van der Waals surface area contributed by atoms with Crippen LogP contribution in [0.2, 0.25) is 0 Å². The first-order valence-electron chi connectivity index (χ1n) is 8.06. The molecule has 1 amide bonds. The molecule has 0 aromatic heterocycles. The first-order valence-corrected chi connectivity index (χ1v) is 9.54. The monoisotopic (exact) mass is 359 g/mol. The van der Waals surface area contributed by atoms with E-state index in [-0.39, 0.29) is 16.8 Å². The Morgan fingerprint density at radius 1 is 1.08 bits per heavy atom. The van der Waals surface area contributed by atoms with E-state index in [1.807, 2.05) is 43.3 Å². The quantitative estimate of drug-likeness (QED) is 0.830. The number of anilines is 2. The predicted molar refractivity (Wildman–Crippen MR) is 98.5 cm³/mol. The summed E-state index contributed by atoms with van der Waals surface area (Å²) in [6.45, 7) is 0. The molecule has 2 aromatic rings. The first kappa shape index (κ1) is 17.4. The van der Waals surface area contributed by atoms with Gasteiger partial charge in [0, 0.05) is 37.1 Å². The molecular weight excluding hydrogens is 338 g/mol. The predicted octanol–water partition coefficient (Wildman–Crippen LogP) is 2.45. The van der Waals surface area contributed by atoms with Gasteiger partial charge in [0.1, 0.15) is 0 Å². The van der Waals surface area contributed by atoms with Gasteiger partial charge in [0.25, 0.3) is 5.91 Å². The number of benzene rings is 2. The third-order valence-corrected chi connectivity index (χ3v) is 5.47. The molecule has 7 heteroatoms. The summed E-state index contributed by atoms with van der Waals surface area (Å²) in [5, 5.41) is 2.78. The topological polar surface area (TPSA) is 78.5 Å². The summed E-state index contributed by atoms with van der Waals surface area (Å²) in [4.78, 5) is 14.5. The molecule has 0 spiro atoms. The van der Waals surface area contributed by atoms with Crippen LogP contribution in [-0.2, 0) is 10.0 Å². The van der Waals surface area contributed by atoms with Gasteiger partial charge in [-0.1, -0.05) is 6.07 Å². The van der Waals surface area contributed by atoms with Gasteiger partial charge in [-0.15, -0.1) is 0 Å². The van der Waals surface area contributed by atoms with Gasteiger partial charge in [-0.25, -0.2) is 13.1 Å². The molecule has 2 N–H and O–H groups in total. The van der Waals surface area contributed by atoms with E-state index in [2.05, 4.69) is 10.0 Å². The van der Waals surface area contributed by atoms with E-state index in [1.165, 1.54) is 12.1 Å². The lowest BCUT2D eigenvalue weighted by molar-refractivity contribution is 0.102. The number of carbonyl (C=O) groups is 1. The summed E-state index contributed by atoms with van der Waals surface area (Å²) >= 11 is 0. The molecule has 1 aliphatic rings. The van der Waals surface area contributed by atoms with Gasteiger partial charge in [-0.05, 0) is 55.3 Å². The number of carbonyl (C=O) groups excluding carboxylic acids is 1. The Balaban J connectivity index is 1.74. The molecule has 1 aliphatic carbocycles. The minimum absolute atomic E-state index is 0.0256. The van der Waals surface area contributed by atoms with Crippen molar-refractivity contribution >= 4 is 27.3 Å². The average molecular weight is 359 g/mol. The molecule has 2 aromatic carbocycles. The molecule has 0 aliphatic heterocycles. The Hall–Kier alpha value is -2.38. The number of hydrogen-bond acceptors (Lipinski definition) is 4. The van der Waals surface area contributed by atoms with Crippen molar-refractivity contribution in [2.45, 2.75) is 23.8 Å². The van der Waals surface area contributed by atoms with E-state index < -0.39 is 10.0 Å². The molecular formula is C18H21N3O3S. The fourth-order valence-corrected chi connectivity index (χ4v) is 3.69. The number of amides is 1. The molecule has 6 nitrogen and oxygen atoms in total. The molecule has 0 unspecified atom stereocenters. The molecule has 0 radical (unpaired) electrons. The van der Waals surface area contributed by atoms with Crippen molar-refractivity contribution in [3.63, 3.8) is 0 Å². The second-order valence-electron chi connectivity index (χ2n) is 6.32. The second-order valence-corrected chi connectivity index (χ2v) is 8.03. The van der Waals surface area contributed by atoms with Crippen LogP contribution >= 0.6 is 0 Å². The molecule has 3 rings (SSSR count). The maximum absolute atomic E-state index is 12.4. The summed E-state index contributed by atoms with van der Waals surface area (Å²) in [6.07, 6.45) is 1.73. The largest absolute Gasteiger partial charge is 0.378 e. The van der Waals surface area contributed by atoms with Crippen LogP contribution in [0.1, 0.15) is 23.2 Å². The van der Waals surface area contributed by atoms with Gasteiger partial charge >= 0.3 is 0 Å². The van der Waals surface area contributed by atoms with Crippen LogP contribution in [-0.4, -0.2) is 34.5 Å². The summed E-state index contributed by atoms with van der Waals surface area (Å²) in [5.74, 6) is -0.346. The number of hydrogen-bond donors (Lipinski definition) is 2. The second kappa shape index (κ2) is 6.85. The third-order valence-electron chi connectivity index (χ3n) is 3.95. The molecule has 1 saturated carbocycles. The fourth-order valence-electron chi connectivity index (χ4n) is 2.34. The maximum atomic E-state index is 12.4. The van der Waals surface area contributed by atoms with Crippen LogP contribution in [0.5, 0.6) is 0 Å². The summed E-state index contributed by atoms with van der Waals surface area (Å²) in [7, 11) is 0.303. The first-order chi connectivity index (χ1) is 11.8. The minimum atomic E-state index is -3.58. The SMILES string of the molecule is CN(C)c1ccc(NC(=O)c2cccc(S(=O)(=O)NC3CC3)c2)cc1. The Kier molecular flexibility index (Phi) is 4.78. The highest BCUT2D eigenvalue weighted by Crippen LogP contribution is 2.23. The van der Waals surface area contributed by atoms with E-state index in [9.17, 15) is 13.2 Å². The Morgan fingerprint density at radius 3 is 2.36 bits per heavy atom. The Morgan fingerprint density at radius 2 is 1.76 bits per heavy atom. The van der Waals surface area contributed by atoms with Crippen molar-refractivity contribution in [1.29, 1.82) is 0 Å². The van der Waals surface area contributed by atoms with Crippen LogP contribution in [0.4, 0.5) is 11.4 Å². The van der Waals surface area contributed by atoms with Crippen molar-refractivity contribution in [2.75, 3.05) is 24.3 Å². The number of sulfonamides is 1. The Labute approximate surface area is 147 Å². The zero-order chi connectivity index (χ0) is 18.0. The van der Waals surface area contributed by atoms with E-state index in [0.717, 1.165) is 18.5 Å². The lowest BCUT2D eigenvalue weighted by atomic mass is 10.2. The molecule has 1 fully saturated rings. The van der Waals surface area contributed by atoms with Crippen LogP contribution in [0.3, 0.4) is 0 Å². The summed E-state index contributed by atoms with van der Waals surface area (Å²) in [5.41, 5.74) is 1.98. The van der Waals surface area contributed by atoms with E-state index in [4.69, 9.17) is 0 Å². The van der Waals surface area contributed by atoms with Crippen molar-refractivity contribution in [3.8, 4) is 0 Å². The highest BCUT2D eigenvalue weighted by Gasteiger charge is 2.28. The van der Waals surface area contributed by atoms with Crippen LogP contribution in [0, 0.1) is 0 Å². The highest BCUT2D eigenvalue weighted by atomic mass is 32.2. The molecule has 132 valence electrons. The zero-order valence-corrected chi connectivity index (χ0v) is 15.0. The summed E-state index contributed by atoms with van der Waals surface area (Å²) in [6, 6.07) is 13.5. The summed E-state index contributed by atoms with van der Waals surface area (Å²) < 4.78 is 27.2. The van der Waals surface area contributed by atoms with Gasteiger partial charge in [0.15, 0.2) is 0 Å². The maximum Gasteiger partial charge on any atom is 0.255 e. The van der Waals surface area contributed by atoms with Crippen molar-refractivity contribution < 1.29 is 13.2 Å². The van der Waals surface area contributed by atoms with Gasteiger partial charge in [0.05, 0.1) is 4.90 Å². The van der Waals surface area contributed by atoms with Gasteiger partial charge in [-0.3, -0.25) is 4.79 Å². The minimum Gasteiger partial charge on any atom is -0.378 e. The lowest BCUT2D eigenvalue weighted by Crippen LogP contribution is -2.26. The van der Waals surface area contributed by atoms with E-state index >= 15 is 0 Å². The number of nitrogens with one attached hydrogen (secondary N) is 2. The lowest BCUT2D eigenvalue weighted by Gasteiger charge is -2.13. The smallest absolute Gasteiger partial charge is 0.255 e. The van der Waals surface area contributed by atoms with Gasteiger partial charge in [-0.2, -0.15) is 0 Å². The number of rotatable bonds is 6. The molecule has 25 heavy (non-hydrogen) atoms. The number of nitrogens with zero attached hydrogens (tertiary/aromatic N) is 1. The van der Waals surface area contributed by atoms with E-state index in [1.54, 1.807) is 12.1 Å². The van der Waals surface area contributed by atoms with Crippen molar-refractivity contribution in [1.82, 2.24) is 4.72 Å². The van der Waals surface area contributed by atoms with Gasteiger partial charge < -0.3 is 10.2 Å². The average Bonchev–Trinajstić information content (AvgIpc) is 3.39. The zero-order valence-electron chi connectivity index (χ0n) is 14.2. The molecule has 0 atom stereocenters. The van der Waals surface area contributed by atoms with Crippen LogP contribution in [0.25, 0.3) is 0 Å². The highest BCUT2D eigenvalue weighted by molar-refractivity contribution is 7.89. The molecule has 0 saturated heterocycles. The fraction of sp³-hybridized carbons (Fsp3) is 0.278. The van der Waals surface area contributed by atoms with Crippen molar-refractivity contribution in [2.24, 2.45) is 0 Å². The Bertz CT molecular complexity index is 873.